The van der Waals surface area contributed by atoms with Crippen LogP contribution in [-0.4, -0.2) is 9.78 Å². The molecule has 0 saturated carbocycles. The van der Waals surface area contributed by atoms with E-state index in [-0.39, 0.29) is 11.2 Å². The van der Waals surface area contributed by atoms with E-state index in [0.29, 0.717) is 0 Å². The van der Waals surface area contributed by atoms with Gasteiger partial charge in [0.05, 0.1) is 17.8 Å². The van der Waals surface area contributed by atoms with Gasteiger partial charge in [-0.25, -0.2) is 4.39 Å². The van der Waals surface area contributed by atoms with Crippen molar-refractivity contribution in [1.82, 2.24) is 9.78 Å². The highest BCUT2D eigenvalue weighted by Gasteiger charge is 1.98. The molecule has 1 heterocycles. The van der Waals surface area contributed by atoms with Gasteiger partial charge in [-0.15, -0.1) is 0 Å². The maximum Gasteiger partial charge on any atom is 0.161 e. The van der Waals surface area contributed by atoms with Gasteiger partial charge in [0.1, 0.15) is 0 Å². The molecule has 0 aliphatic carbocycles. The highest BCUT2D eigenvalue weighted by atomic mass is 32.1. The van der Waals surface area contributed by atoms with Crippen molar-refractivity contribution < 1.29 is 4.39 Å². The van der Waals surface area contributed by atoms with Crippen LogP contribution in [0.1, 0.15) is 12.3 Å². The van der Waals surface area contributed by atoms with Crippen LogP contribution >= 0.6 is 12.6 Å². The van der Waals surface area contributed by atoms with Gasteiger partial charge >= 0.3 is 0 Å². The Morgan fingerprint density at radius 3 is 2.78 bits per heavy atom. The number of aromatic nitrogens is 2. The third-order valence-electron chi connectivity index (χ3n) is 0.953. The van der Waals surface area contributed by atoms with E-state index in [0.717, 1.165) is 6.20 Å². The third-order valence-corrected chi connectivity index (χ3v) is 1.19. The molecule has 4 heteroatoms. The molecule has 1 aromatic heterocycles. The second kappa shape index (κ2) is 2.39. The van der Waals surface area contributed by atoms with Crippen LogP contribution < -0.4 is 0 Å². The molecule has 0 radical (unpaired) electrons. The molecule has 0 fully saturated rings. The summed E-state index contributed by atoms with van der Waals surface area (Å²) in [6, 6.07) is 0. The summed E-state index contributed by atoms with van der Waals surface area (Å²) >= 11 is 4.03. The fraction of sp³-hybridized carbons (Fsp3) is 0.400. The number of halogens is 1. The highest BCUT2D eigenvalue weighted by Crippen LogP contribution is 2.07. The number of hydrogen-bond acceptors (Lipinski definition) is 2. The SMILES string of the molecule is CC(S)n1cc(F)cn1. The standard InChI is InChI=1S/C5H7FN2S/c1-4(9)8-3-5(6)2-7-8/h2-4,9H,1H3. The molecule has 0 aliphatic heterocycles. The van der Waals surface area contributed by atoms with Crippen LogP contribution in [0.15, 0.2) is 12.4 Å². The van der Waals surface area contributed by atoms with E-state index in [4.69, 9.17) is 0 Å². The zero-order valence-electron chi connectivity index (χ0n) is 4.95. The first-order chi connectivity index (χ1) is 4.20. The molecule has 0 aromatic carbocycles. The van der Waals surface area contributed by atoms with E-state index in [1.165, 1.54) is 10.9 Å². The minimum atomic E-state index is -0.323. The van der Waals surface area contributed by atoms with Crippen molar-refractivity contribution >= 4 is 12.6 Å². The predicted molar refractivity (Wildman–Crippen MR) is 35.9 cm³/mol. The van der Waals surface area contributed by atoms with E-state index in [1.54, 1.807) is 0 Å². The summed E-state index contributed by atoms with van der Waals surface area (Å²) in [7, 11) is 0. The Kier molecular flexibility index (Phi) is 1.75. The van der Waals surface area contributed by atoms with Gasteiger partial charge in [-0.3, -0.25) is 4.68 Å². The van der Waals surface area contributed by atoms with Crippen LogP contribution in [0.2, 0.25) is 0 Å². The average molecular weight is 146 g/mol. The van der Waals surface area contributed by atoms with Crippen molar-refractivity contribution in [3.63, 3.8) is 0 Å². The van der Waals surface area contributed by atoms with Crippen LogP contribution in [-0.2, 0) is 0 Å². The maximum absolute atomic E-state index is 12.2. The number of nitrogens with zero attached hydrogens (tertiary/aromatic N) is 2. The lowest BCUT2D eigenvalue weighted by Gasteiger charge is -2.00. The molecule has 0 amide bonds. The first-order valence-electron chi connectivity index (χ1n) is 2.58. The van der Waals surface area contributed by atoms with Gasteiger partial charge in [-0.1, -0.05) is 0 Å². The molecular formula is C5H7FN2S. The van der Waals surface area contributed by atoms with Crippen molar-refractivity contribution in [3.8, 4) is 0 Å². The van der Waals surface area contributed by atoms with Crippen molar-refractivity contribution in [2.75, 3.05) is 0 Å². The summed E-state index contributed by atoms with van der Waals surface area (Å²) in [5.41, 5.74) is 0. The summed E-state index contributed by atoms with van der Waals surface area (Å²) in [6.07, 6.45) is 2.46. The molecule has 1 aromatic rings. The van der Waals surface area contributed by atoms with E-state index in [2.05, 4.69) is 17.7 Å². The van der Waals surface area contributed by atoms with Gasteiger partial charge in [0.15, 0.2) is 5.82 Å². The van der Waals surface area contributed by atoms with Gasteiger partial charge in [0.25, 0.3) is 0 Å². The molecule has 1 atom stereocenters. The second-order valence-electron chi connectivity index (χ2n) is 1.77. The first kappa shape index (κ1) is 6.61. The summed E-state index contributed by atoms with van der Waals surface area (Å²) in [4.78, 5) is 0. The Labute approximate surface area is 58.1 Å². The monoisotopic (exact) mass is 146 g/mol. The Balaban J connectivity index is 2.85. The Morgan fingerprint density at radius 2 is 2.56 bits per heavy atom. The van der Waals surface area contributed by atoms with Crippen LogP contribution in [0.3, 0.4) is 0 Å². The molecule has 0 saturated heterocycles. The van der Waals surface area contributed by atoms with E-state index in [1.807, 2.05) is 6.92 Å². The molecule has 0 aliphatic rings. The van der Waals surface area contributed by atoms with Crippen molar-refractivity contribution in [3.05, 3.63) is 18.2 Å². The summed E-state index contributed by atoms with van der Waals surface area (Å²) < 4.78 is 13.6. The number of hydrogen-bond donors (Lipinski definition) is 1. The van der Waals surface area contributed by atoms with Gasteiger partial charge in [0, 0.05) is 0 Å². The van der Waals surface area contributed by atoms with Crippen LogP contribution in [0.5, 0.6) is 0 Å². The van der Waals surface area contributed by atoms with Crippen LogP contribution in [0.4, 0.5) is 4.39 Å². The lowest BCUT2D eigenvalue weighted by molar-refractivity contribution is 0.611. The van der Waals surface area contributed by atoms with Gasteiger partial charge in [0.2, 0.25) is 0 Å². The Hall–Kier alpha value is -0.510. The quantitative estimate of drug-likeness (QED) is 0.594. The second-order valence-corrected chi connectivity index (χ2v) is 2.52. The lowest BCUT2D eigenvalue weighted by Crippen LogP contribution is -1.97. The van der Waals surface area contributed by atoms with E-state index >= 15 is 0 Å². The van der Waals surface area contributed by atoms with Crippen molar-refractivity contribution in [2.24, 2.45) is 0 Å². The van der Waals surface area contributed by atoms with E-state index < -0.39 is 0 Å². The highest BCUT2D eigenvalue weighted by molar-refractivity contribution is 7.80. The first-order valence-corrected chi connectivity index (χ1v) is 3.09. The molecule has 0 spiro atoms. The van der Waals surface area contributed by atoms with Gasteiger partial charge in [-0.05, 0) is 6.92 Å². The molecule has 0 bridgehead atoms. The van der Waals surface area contributed by atoms with Crippen LogP contribution in [0, 0.1) is 5.82 Å². The molecular weight excluding hydrogens is 139 g/mol. The van der Waals surface area contributed by atoms with Crippen molar-refractivity contribution in [2.45, 2.75) is 12.3 Å². The summed E-state index contributed by atoms with van der Waals surface area (Å²) in [6.45, 7) is 1.82. The molecule has 1 unspecified atom stereocenters. The smallest absolute Gasteiger partial charge is 0.161 e. The molecule has 1 rings (SSSR count). The maximum atomic E-state index is 12.2. The van der Waals surface area contributed by atoms with Crippen LogP contribution in [0.25, 0.3) is 0 Å². The zero-order chi connectivity index (χ0) is 6.85. The molecule has 0 N–H and O–H groups in total. The lowest BCUT2D eigenvalue weighted by atomic mass is 10.7. The zero-order valence-corrected chi connectivity index (χ0v) is 5.85. The van der Waals surface area contributed by atoms with Gasteiger partial charge in [-0.2, -0.15) is 17.7 Å². The van der Waals surface area contributed by atoms with Gasteiger partial charge < -0.3 is 0 Å². The summed E-state index contributed by atoms with van der Waals surface area (Å²) in [5.74, 6) is -0.323. The normalized spacial score (nSPS) is 13.7. The molecule has 2 nitrogen and oxygen atoms in total. The summed E-state index contributed by atoms with van der Waals surface area (Å²) in [5, 5.41) is 3.62. The number of rotatable bonds is 1. The Bertz CT molecular complexity index is 197. The topological polar surface area (TPSA) is 17.8 Å². The predicted octanol–water partition coefficient (Wildman–Crippen LogP) is 1.47. The third kappa shape index (κ3) is 1.45. The number of thiol groups is 1. The average Bonchev–Trinajstić information content (AvgIpc) is 2.14. The minimum Gasteiger partial charge on any atom is -0.257 e. The Morgan fingerprint density at radius 1 is 1.89 bits per heavy atom. The molecule has 9 heavy (non-hydrogen) atoms. The minimum absolute atomic E-state index is 0.0606. The molecule has 50 valence electrons. The van der Waals surface area contributed by atoms with E-state index in [9.17, 15) is 4.39 Å². The van der Waals surface area contributed by atoms with Crippen molar-refractivity contribution in [1.29, 1.82) is 0 Å². The fourth-order valence-electron chi connectivity index (χ4n) is 0.519. The fourth-order valence-corrected chi connectivity index (χ4v) is 0.645. The largest absolute Gasteiger partial charge is 0.257 e.